The summed E-state index contributed by atoms with van der Waals surface area (Å²) in [6.07, 6.45) is 3.81. The summed E-state index contributed by atoms with van der Waals surface area (Å²) >= 11 is 0. The van der Waals surface area contributed by atoms with Crippen molar-refractivity contribution in [2.75, 3.05) is 12.4 Å². The maximum absolute atomic E-state index is 12.9. The van der Waals surface area contributed by atoms with Gasteiger partial charge in [0.15, 0.2) is 11.5 Å². The molecule has 4 aromatic rings. The molecule has 0 saturated heterocycles. The number of imidazole rings is 1. The number of fused-ring (bicyclic) bond motifs is 1. The molecule has 0 spiro atoms. The van der Waals surface area contributed by atoms with Gasteiger partial charge in [0.1, 0.15) is 17.2 Å². The van der Waals surface area contributed by atoms with Crippen LogP contribution in [-0.4, -0.2) is 28.0 Å². The zero-order valence-corrected chi connectivity index (χ0v) is 23.1. The molecule has 1 aliphatic carbocycles. The summed E-state index contributed by atoms with van der Waals surface area (Å²) in [6.45, 7) is 11.2. The van der Waals surface area contributed by atoms with Gasteiger partial charge in [-0.25, -0.2) is 4.98 Å². The van der Waals surface area contributed by atoms with Crippen LogP contribution in [0.3, 0.4) is 0 Å². The number of hydrogen-bond acceptors (Lipinski definition) is 5. The van der Waals surface area contributed by atoms with Crippen molar-refractivity contribution in [2.24, 2.45) is 11.3 Å². The number of nitrogens with zero attached hydrogens (tertiary/aromatic N) is 2. The molecule has 1 fully saturated rings. The lowest BCUT2D eigenvalue weighted by Crippen LogP contribution is -2.36. The fraction of sp³-hybridized carbons (Fsp3) is 0.375. The van der Waals surface area contributed by atoms with Crippen LogP contribution in [0.25, 0.3) is 16.9 Å². The van der Waals surface area contributed by atoms with Crippen molar-refractivity contribution in [3.05, 3.63) is 78.5 Å². The van der Waals surface area contributed by atoms with Crippen LogP contribution in [0.2, 0.25) is 0 Å². The minimum Gasteiger partial charge on any atom is -0.493 e. The van der Waals surface area contributed by atoms with Gasteiger partial charge in [-0.15, -0.1) is 0 Å². The summed E-state index contributed by atoms with van der Waals surface area (Å²) in [5.74, 6) is 1.73. The first-order valence-corrected chi connectivity index (χ1v) is 13.2. The Morgan fingerprint density at radius 2 is 1.74 bits per heavy atom. The molecule has 2 heterocycles. The molecule has 2 aromatic carbocycles. The van der Waals surface area contributed by atoms with Gasteiger partial charge in [-0.3, -0.25) is 9.20 Å². The van der Waals surface area contributed by atoms with E-state index in [9.17, 15) is 4.79 Å². The van der Waals surface area contributed by atoms with Crippen LogP contribution in [-0.2, 0) is 4.79 Å². The van der Waals surface area contributed by atoms with Gasteiger partial charge in [0.05, 0.1) is 13.0 Å². The van der Waals surface area contributed by atoms with Crippen molar-refractivity contribution in [3.8, 4) is 22.8 Å². The molecule has 6 heteroatoms. The Morgan fingerprint density at radius 1 is 1.00 bits per heavy atom. The largest absolute Gasteiger partial charge is 0.493 e. The number of benzene rings is 2. The monoisotopic (exact) mass is 511 g/mol. The molecule has 1 saturated carbocycles. The highest BCUT2D eigenvalue weighted by molar-refractivity contribution is 5.82. The molecule has 0 aliphatic heterocycles. The Labute approximate surface area is 225 Å². The lowest BCUT2D eigenvalue weighted by atomic mass is 9.82. The number of ether oxygens (including phenoxy) is 2. The van der Waals surface area contributed by atoms with Crippen LogP contribution in [0.4, 0.5) is 5.82 Å². The molecule has 2 unspecified atom stereocenters. The summed E-state index contributed by atoms with van der Waals surface area (Å²) in [5.41, 5.74) is 3.73. The quantitative estimate of drug-likeness (QED) is 0.198. The second-order valence-corrected chi connectivity index (χ2v) is 12.1. The van der Waals surface area contributed by atoms with Crippen LogP contribution < -0.4 is 14.8 Å². The molecule has 1 aliphatic rings. The number of anilines is 1. The Bertz CT molecular complexity index is 1450. The van der Waals surface area contributed by atoms with Crippen LogP contribution in [0.5, 0.6) is 11.5 Å². The predicted molar refractivity (Wildman–Crippen MR) is 152 cm³/mol. The summed E-state index contributed by atoms with van der Waals surface area (Å²) in [5, 5.41) is 3.77. The Hall–Kier alpha value is -3.80. The van der Waals surface area contributed by atoms with Crippen molar-refractivity contribution in [1.82, 2.24) is 9.38 Å². The van der Waals surface area contributed by atoms with E-state index in [0.29, 0.717) is 11.5 Å². The highest BCUT2D eigenvalue weighted by Gasteiger charge is 2.45. The van der Waals surface area contributed by atoms with Gasteiger partial charge in [0.25, 0.3) is 0 Å². The Balaban J connectivity index is 1.42. The van der Waals surface area contributed by atoms with Crippen molar-refractivity contribution >= 4 is 17.4 Å². The van der Waals surface area contributed by atoms with Gasteiger partial charge < -0.3 is 14.8 Å². The van der Waals surface area contributed by atoms with Gasteiger partial charge >= 0.3 is 5.97 Å². The Kier molecular flexibility index (Phi) is 6.68. The number of hydrogen-bond donors (Lipinski definition) is 1. The van der Waals surface area contributed by atoms with Crippen LogP contribution in [0.15, 0.2) is 72.9 Å². The molecular weight excluding hydrogens is 474 g/mol. The molecule has 0 amide bonds. The van der Waals surface area contributed by atoms with E-state index in [2.05, 4.69) is 56.5 Å². The van der Waals surface area contributed by atoms with Gasteiger partial charge in [-0.1, -0.05) is 57.2 Å². The fourth-order valence-electron chi connectivity index (χ4n) is 5.61. The molecule has 198 valence electrons. The van der Waals surface area contributed by atoms with Gasteiger partial charge in [0, 0.05) is 17.3 Å². The number of carbonyl (C=O) groups excluding carboxylic acids is 1. The topological polar surface area (TPSA) is 64.9 Å². The van der Waals surface area contributed by atoms with Crippen molar-refractivity contribution in [2.45, 2.75) is 58.9 Å². The van der Waals surface area contributed by atoms with E-state index < -0.39 is 0 Å². The van der Waals surface area contributed by atoms with Crippen molar-refractivity contribution in [3.63, 3.8) is 0 Å². The van der Waals surface area contributed by atoms with E-state index in [1.807, 2.05) is 54.7 Å². The Morgan fingerprint density at radius 3 is 2.45 bits per heavy atom. The summed E-state index contributed by atoms with van der Waals surface area (Å²) in [6, 6.07) is 21.8. The fourth-order valence-corrected chi connectivity index (χ4v) is 5.61. The standard InChI is InChI=1S/C32H37N3O3/c1-31(2,3)20-32(4,5)34-29-28(33-27-14-10-11-17-35(27)29)22-15-16-25(26(18-22)37-6)38-30(36)24-19-23(24)21-12-8-7-9-13-21/h7-18,23-24,34H,19-20H2,1-6H3. The number of nitrogens with one attached hydrogen (secondary N) is 1. The summed E-state index contributed by atoms with van der Waals surface area (Å²) in [7, 11) is 1.59. The van der Waals surface area contributed by atoms with E-state index in [-0.39, 0.29) is 28.8 Å². The zero-order chi connectivity index (χ0) is 27.1. The predicted octanol–water partition coefficient (Wildman–Crippen LogP) is 7.35. The molecule has 2 atom stereocenters. The average molecular weight is 512 g/mol. The number of rotatable bonds is 8. The molecule has 6 nitrogen and oxygen atoms in total. The third-order valence-corrected chi connectivity index (χ3v) is 6.93. The maximum atomic E-state index is 12.9. The maximum Gasteiger partial charge on any atom is 0.315 e. The van der Waals surface area contributed by atoms with Gasteiger partial charge in [0.2, 0.25) is 0 Å². The summed E-state index contributed by atoms with van der Waals surface area (Å²) in [4.78, 5) is 17.9. The van der Waals surface area contributed by atoms with Gasteiger partial charge in [-0.05, 0) is 73.9 Å². The average Bonchev–Trinajstić information content (AvgIpc) is 3.60. The first kappa shape index (κ1) is 25.8. The van der Waals surface area contributed by atoms with Gasteiger partial charge in [-0.2, -0.15) is 0 Å². The lowest BCUT2D eigenvalue weighted by molar-refractivity contribution is -0.136. The number of methoxy groups -OCH3 is 1. The molecule has 1 N–H and O–H groups in total. The normalized spacial score (nSPS) is 17.3. The van der Waals surface area contributed by atoms with Crippen molar-refractivity contribution < 1.29 is 14.3 Å². The SMILES string of the molecule is COc1cc(-c2nc3ccccn3c2NC(C)(C)CC(C)(C)C)ccc1OC(=O)C1CC1c1ccccc1. The molecular formula is C32H37N3O3. The minimum absolute atomic E-state index is 0.124. The summed E-state index contributed by atoms with van der Waals surface area (Å²) < 4.78 is 13.6. The van der Waals surface area contributed by atoms with Crippen LogP contribution in [0, 0.1) is 11.3 Å². The second-order valence-electron chi connectivity index (χ2n) is 12.1. The molecule has 38 heavy (non-hydrogen) atoms. The highest BCUT2D eigenvalue weighted by atomic mass is 16.6. The minimum atomic E-state index is -0.219. The van der Waals surface area contributed by atoms with Crippen LogP contribution in [0.1, 0.15) is 58.9 Å². The third kappa shape index (κ3) is 5.54. The van der Waals surface area contributed by atoms with E-state index in [1.165, 1.54) is 5.56 Å². The first-order valence-electron chi connectivity index (χ1n) is 13.2. The van der Waals surface area contributed by atoms with Crippen molar-refractivity contribution in [1.29, 1.82) is 0 Å². The van der Waals surface area contributed by atoms with E-state index in [4.69, 9.17) is 14.5 Å². The number of esters is 1. The van der Waals surface area contributed by atoms with E-state index in [0.717, 1.165) is 35.6 Å². The molecule has 5 rings (SSSR count). The lowest BCUT2D eigenvalue weighted by Gasteiger charge is -2.34. The smallest absolute Gasteiger partial charge is 0.315 e. The number of aromatic nitrogens is 2. The van der Waals surface area contributed by atoms with Crippen LogP contribution >= 0.6 is 0 Å². The number of carbonyl (C=O) groups is 1. The highest BCUT2D eigenvalue weighted by Crippen LogP contribution is 2.48. The first-order chi connectivity index (χ1) is 18.0. The molecule has 2 aromatic heterocycles. The third-order valence-electron chi connectivity index (χ3n) is 6.93. The van der Waals surface area contributed by atoms with E-state index >= 15 is 0 Å². The second kappa shape index (κ2) is 9.82. The molecule has 0 bridgehead atoms. The van der Waals surface area contributed by atoms with E-state index in [1.54, 1.807) is 13.2 Å². The molecule has 0 radical (unpaired) electrons. The zero-order valence-electron chi connectivity index (χ0n) is 23.1. The number of pyridine rings is 1.